The smallest absolute Gasteiger partial charge is 0.339 e. The van der Waals surface area contributed by atoms with Gasteiger partial charge in [0.05, 0.1) is 12.0 Å². The molecule has 5 unspecified atom stereocenters. The van der Waals surface area contributed by atoms with Crippen LogP contribution in [0.25, 0.3) is 0 Å². The predicted molar refractivity (Wildman–Crippen MR) is 162 cm³/mol. The number of para-hydroxylation sites is 1. The molecule has 0 spiro atoms. The molecule has 9 nitrogen and oxygen atoms in total. The molecule has 5 atom stereocenters. The van der Waals surface area contributed by atoms with Crippen LogP contribution in [0, 0.1) is 45.8 Å². The molecule has 5 saturated carbocycles. The zero-order valence-corrected chi connectivity index (χ0v) is 26.5. The number of carbonyl (C=O) groups is 4. The molecular formula is C34H42F3N5O4. The second-order valence-electron chi connectivity index (χ2n) is 15.1. The van der Waals surface area contributed by atoms with Gasteiger partial charge in [-0.05, 0) is 99.0 Å². The number of nitrogens with zero attached hydrogens (tertiary/aromatic N) is 2. The first-order valence-corrected chi connectivity index (χ1v) is 16.4. The van der Waals surface area contributed by atoms with E-state index in [1.807, 2.05) is 13.8 Å². The van der Waals surface area contributed by atoms with Gasteiger partial charge in [0.2, 0.25) is 17.7 Å². The second-order valence-corrected chi connectivity index (χ2v) is 15.1. The van der Waals surface area contributed by atoms with Gasteiger partial charge in [-0.3, -0.25) is 19.2 Å². The SMILES string of the molecule is CCN(C(=O)C(NC(=O)C(F)(F)F)C12CC3CC(CC(C3)C1)C2)C(C(=O)NC(C#N)CC1C(=O)Nc2ccccc21)C1CC1(C)C. The zero-order chi connectivity index (χ0) is 33.2. The molecule has 46 heavy (non-hydrogen) atoms. The van der Waals surface area contributed by atoms with E-state index in [4.69, 9.17) is 0 Å². The van der Waals surface area contributed by atoms with Crippen LogP contribution in [0.4, 0.5) is 18.9 Å². The summed E-state index contributed by atoms with van der Waals surface area (Å²) in [5.41, 5.74) is 0.246. The molecule has 0 aromatic heterocycles. The standard InChI is InChI=1S/C34H42F3N5O4/c1-4-42(30(45)27(41-31(46)34(35,36)37)33-13-18-9-19(14-33)11-20(10-18)15-33)26(24-16-32(24,2)3)29(44)39-21(17-38)12-23-22-7-5-6-8-25(22)40-28(23)43/h5-8,18-21,23-24,26-27H,4,9-16H2,1-3H3,(H,39,44)(H,40,43)(H,41,46). The fraction of sp³-hybridized carbons (Fsp3) is 0.676. The number of nitriles is 1. The Labute approximate surface area is 267 Å². The van der Waals surface area contributed by atoms with Crippen LogP contribution in [0.2, 0.25) is 0 Å². The van der Waals surface area contributed by atoms with Crippen LogP contribution >= 0.6 is 0 Å². The Hall–Kier alpha value is -3.62. The van der Waals surface area contributed by atoms with Gasteiger partial charge in [-0.25, -0.2) is 0 Å². The number of alkyl halides is 3. The van der Waals surface area contributed by atoms with Crippen molar-refractivity contribution in [3.8, 4) is 6.07 Å². The van der Waals surface area contributed by atoms with Crippen molar-refractivity contribution in [2.24, 2.45) is 34.5 Å². The molecule has 12 heteroatoms. The summed E-state index contributed by atoms with van der Waals surface area (Å²) in [5.74, 6) is -3.75. The minimum Gasteiger partial charge on any atom is -0.339 e. The van der Waals surface area contributed by atoms with E-state index in [9.17, 15) is 37.6 Å². The quantitative estimate of drug-likeness (QED) is 0.343. The average Bonchev–Trinajstić information content (AvgIpc) is 3.48. The van der Waals surface area contributed by atoms with Gasteiger partial charge in [-0.15, -0.1) is 0 Å². The van der Waals surface area contributed by atoms with Crippen LogP contribution in [-0.4, -0.2) is 59.4 Å². The fourth-order valence-electron chi connectivity index (χ4n) is 9.61. The molecule has 248 valence electrons. The van der Waals surface area contributed by atoms with Crippen LogP contribution in [0.5, 0.6) is 0 Å². The van der Waals surface area contributed by atoms with Crippen LogP contribution < -0.4 is 16.0 Å². The average molecular weight is 642 g/mol. The molecule has 3 N–H and O–H groups in total. The summed E-state index contributed by atoms with van der Waals surface area (Å²) in [4.78, 5) is 55.2. The second kappa shape index (κ2) is 11.6. The number of rotatable bonds is 10. The van der Waals surface area contributed by atoms with E-state index in [1.54, 1.807) is 31.2 Å². The first kappa shape index (κ1) is 32.3. The van der Waals surface area contributed by atoms with Crippen molar-refractivity contribution in [1.29, 1.82) is 5.26 Å². The summed E-state index contributed by atoms with van der Waals surface area (Å²) < 4.78 is 41.0. The summed E-state index contributed by atoms with van der Waals surface area (Å²) in [6.45, 7) is 5.63. The van der Waals surface area contributed by atoms with Gasteiger partial charge in [0, 0.05) is 17.6 Å². The number of halogens is 3. The van der Waals surface area contributed by atoms with Gasteiger partial charge in [-0.1, -0.05) is 32.0 Å². The maximum Gasteiger partial charge on any atom is 0.471 e. The number of amides is 4. The van der Waals surface area contributed by atoms with Crippen LogP contribution in [0.3, 0.4) is 0 Å². The minimum atomic E-state index is -5.17. The Balaban J connectivity index is 1.28. The van der Waals surface area contributed by atoms with Gasteiger partial charge >= 0.3 is 12.1 Å². The van der Waals surface area contributed by atoms with E-state index in [0.29, 0.717) is 49.1 Å². The monoisotopic (exact) mass is 641 g/mol. The lowest BCUT2D eigenvalue weighted by Gasteiger charge is -2.59. The first-order valence-electron chi connectivity index (χ1n) is 16.4. The largest absolute Gasteiger partial charge is 0.471 e. The third kappa shape index (κ3) is 5.86. The molecule has 7 rings (SSSR count). The molecule has 0 radical (unpaired) electrons. The molecule has 5 aliphatic carbocycles. The molecular weight excluding hydrogens is 599 g/mol. The summed E-state index contributed by atoms with van der Waals surface area (Å²) in [6, 6.07) is 5.69. The molecule has 4 bridgehead atoms. The molecule has 1 aliphatic heterocycles. The molecule has 1 aromatic rings. The molecule has 1 aromatic carbocycles. The number of carbonyl (C=O) groups excluding carboxylic acids is 4. The molecule has 0 saturated heterocycles. The molecule has 5 fully saturated rings. The number of benzene rings is 1. The van der Waals surface area contributed by atoms with E-state index in [-0.39, 0.29) is 30.2 Å². The van der Waals surface area contributed by atoms with Crippen molar-refractivity contribution in [1.82, 2.24) is 15.5 Å². The van der Waals surface area contributed by atoms with Gasteiger partial charge in [-0.2, -0.15) is 18.4 Å². The summed E-state index contributed by atoms with van der Waals surface area (Å²) in [5, 5.41) is 17.7. The van der Waals surface area contributed by atoms with Crippen molar-refractivity contribution >= 4 is 29.3 Å². The van der Waals surface area contributed by atoms with E-state index in [1.165, 1.54) is 4.90 Å². The van der Waals surface area contributed by atoms with E-state index in [0.717, 1.165) is 24.8 Å². The number of anilines is 1. The summed E-state index contributed by atoms with van der Waals surface area (Å²) in [6.07, 6.45) is 0.125. The third-order valence-electron chi connectivity index (χ3n) is 11.5. The van der Waals surface area contributed by atoms with Crippen molar-refractivity contribution in [2.45, 2.75) is 102 Å². The normalized spacial score (nSPS) is 31.9. The van der Waals surface area contributed by atoms with Crippen LogP contribution in [0.15, 0.2) is 24.3 Å². The topological polar surface area (TPSA) is 131 Å². The van der Waals surface area contributed by atoms with Crippen molar-refractivity contribution < 1.29 is 32.3 Å². The number of fused-ring (bicyclic) bond motifs is 1. The first-order chi connectivity index (χ1) is 21.7. The Morgan fingerprint density at radius 2 is 1.63 bits per heavy atom. The van der Waals surface area contributed by atoms with Gasteiger partial charge in [0.15, 0.2) is 0 Å². The maximum atomic E-state index is 14.6. The van der Waals surface area contributed by atoms with E-state index in [2.05, 4.69) is 22.0 Å². The van der Waals surface area contributed by atoms with E-state index >= 15 is 0 Å². The van der Waals surface area contributed by atoms with Crippen molar-refractivity contribution in [2.75, 3.05) is 11.9 Å². The predicted octanol–water partition coefficient (Wildman–Crippen LogP) is 4.65. The van der Waals surface area contributed by atoms with E-state index < -0.39 is 53.4 Å². The lowest BCUT2D eigenvalue weighted by Crippen LogP contribution is -2.66. The Bertz CT molecular complexity index is 1430. The lowest BCUT2D eigenvalue weighted by molar-refractivity contribution is -0.179. The summed E-state index contributed by atoms with van der Waals surface area (Å²) >= 11 is 0. The number of likely N-dealkylation sites (N-methyl/N-ethyl adjacent to an activating group) is 1. The number of nitrogens with one attached hydrogen (secondary N) is 3. The summed E-state index contributed by atoms with van der Waals surface area (Å²) in [7, 11) is 0. The molecule has 6 aliphatic rings. The number of hydrogen-bond acceptors (Lipinski definition) is 5. The third-order valence-corrected chi connectivity index (χ3v) is 11.5. The highest BCUT2D eigenvalue weighted by Crippen LogP contribution is 2.62. The Morgan fingerprint density at radius 1 is 1.04 bits per heavy atom. The highest BCUT2D eigenvalue weighted by atomic mass is 19.4. The molecule has 4 amide bonds. The van der Waals surface area contributed by atoms with Gasteiger partial charge in [0.1, 0.15) is 18.1 Å². The minimum absolute atomic E-state index is 0.0173. The zero-order valence-electron chi connectivity index (χ0n) is 26.5. The van der Waals surface area contributed by atoms with Gasteiger partial charge in [0.25, 0.3) is 0 Å². The van der Waals surface area contributed by atoms with Gasteiger partial charge < -0.3 is 20.9 Å². The maximum absolute atomic E-state index is 14.6. The fourth-order valence-corrected chi connectivity index (χ4v) is 9.61. The van der Waals surface area contributed by atoms with Crippen LogP contribution in [0.1, 0.15) is 83.6 Å². The lowest BCUT2D eigenvalue weighted by atomic mass is 9.47. The van der Waals surface area contributed by atoms with Crippen molar-refractivity contribution in [3.05, 3.63) is 29.8 Å². The molecule has 1 heterocycles. The highest BCUT2D eigenvalue weighted by Gasteiger charge is 2.60. The highest BCUT2D eigenvalue weighted by molar-refractivity contribution is 6.03. The Morgan fingerprint density at radius 3 is 2.15 bits per heavy atom. The van der Waals surface area contributed by atoms with Crippen LogP contribution in [-0.2, 0) is 19.2 Å². The Kier molecular flexibility index (Phi) is 8.13. The number of hydrogen-bond donors (Lipinski definition) is 3. The van der Waals surface area contributed by atoms with Crippen molar-refractivity contribution in [3.63, 3.8) is 0 Å².